The van der Waals surface area contributed by atoms with Gasteiger partial charge in [0, 0.05) is 12.1 Å². The van der Waals surface area contributed by atoms with Crippen LogP contribution in [0.3, 0.4) is 0 Å². The van der Waals surface area contributed by atoms with Crippen LogP contribution in [0.15, 0.2) is 54.6 Å². The summed E-state index contributed by atoms with van der Waals surface area (Å²) in [7, 11) is 0. The zero-order valence-corrected chi connectivity index (χ0v) is 11.8. The molecule has 1 saturated carbocycles. The predicted molar refractivity (Wildman–Crippen MR) is 82.5 cm³/mol. The van der Waals surface area contributed by atoms with Crippen LogP contribution in [0.5, 0.6) is 0 Å². The third-order valence-corrected chi connectivity index (χ3v) is 3.91. The van der Waals surface area contributed by atoms with Crippen LogP contribution in [0.4, 0.5) is 0 Å². The second-order valence-electron chi connectivity index (χ2n) is 5.66. The summed E-state index contributed by atoms with van der Waals surface area (Å²) in [5.41, 5.74) is 3.37. The molecule has 2 nitrogen and oxygen atoms in total. The first kappa shape index (κ1) is 13.3. The Morgan fingerprint density at radius 2 is 1.55 bits per heavy atom. The first-order valence-electron chi connectivity index (χ1n) is 7.33. The van der Waals surface area contributed by atoms with Gasteiger partial charge in [-0.1, -0.05) is 54.6 Å². The Labute approximate surface area is 120 Å². The molecule has 3 rings (SSSR count). The van der Waals surface area contributed by atoms with Crippen molar-refractivity contribution in [1.29, 1.82) is 0 Å². The lowest BCUT2D eigenvalue weighted by atomic mass is 9.99. The van der Waals surface area contributed by atoms with Crippen molar-refractivity contribution in [3.05, 3.63) is 60.2 Å². The molecule has 0 aromatic heterocycles. The SMILES string of the molecule is CC(NC1CC1)C(O)c1ccc(-c2ccccc2)cc1. The Bertz CT molecular complexity index is 545. The van der Waals surface area contributed by atoms with Crippen LogP contribution < -0.4 is 5.32 Å². The van der Waals surface area contributed by atoms with Crippen molar-refractivity contribution in [2.75, 3.05) is 0 Å². The molecule has 2 unspecified atom stereocenters. The largest absolute Gasteiger partial charge is 0.387 e. The molecule has 1 fully saturated rings. The van der Waals surface area contributed by atoms with Crippen molar-refractivity contribution in [2.24, 2.45) is 0 Å². The smallest absolute Gasteiger partial charge is 0.0940 e. The van der Waals surface area contributed by atoms with Crippen LogP contribution in [-0.4, -0.2) is 17.2 Å². The van der Waals surface area contributed by atoms with E-state index in [0.29, 0.717) is 6.04 Å². The average molecular weight is 267 g/mol. The molecule has 0 bridgehead atoms. The van der Waals surface area contributed by atoms with Crippen LogP contribution >= 0.6 is 0 Å². The highest BCUT2D eigenvalue weighted by atomic mass is 16.3. The minimum Gasteiger partial charge on any atom is -0.387 e. The molecule has 0 heterocycles. The van der Waals surface area contributed by atoms with Gasteiger partial charge in [-0.25, -0.2) is 0 Å². The standard InChI is InChI=1S/C18H21NO/c1-13(19-17-11-12-17)18(20)16-9-7-15(8-10-16)14-5-3-2-4-6-14/h2-10,13,17-20H,11-12H2,1H3. The van der Waals surface area contributed by atoms with Gasteiger partial charge in [-0.05, 0) is 36.5 Å². The molecule has 0 saturated heterocycles. The molecular formula is C18H21NO. The molecule has 2 N–H and O–H groups in total. The highest BCUT2D eigenvalue weighted by molar-refractivity contribution is 5.63. The van der Waals surface area contributed by atoms with E-state index in [0.717, 1.165) is 5.56 Å². The molecule has 104 valence electrons. The lowest BCUT2D eigenvalue weighted by Crippen LogP contribution is -2.33. The van der Waals surface area contributed by atoms with Crippen LogP contribution in [0.25, 0.3) is 11.1 Å². The van der Waals surface area contributed by atoms with Crippen molar-refractivity contribution in [2.45, 2.75) is 38.0 Å². The minimum atomic E-state index is -0.444. The number of rotatable bonds is 5. The zero-order valence-electron chi connectivity index (χ0n) is 11.8. The van der Waals surface area contributed by atoms with E-state index in [1.807, 2.05) is 37.3 Å². The normalized spacial score (nSPS) is 17.7. The predicted octanol–water partition coefficient (Wildman–Crippen LogP) is 3.53. The Balaban J connectivity index is 1.72. The van der Waals surface area contributed by atoms with Gasteiger partial charge < -0.3 is 10.4 Å². The molecule has 2 aromatic carbocycles. The molecule has 0 aliphatic heterocycles. The van der Waals surface area contributed by atoms with Crippen molar-refractivity contribution in [3.8, 4) is 11.1 Å². The molecule has 2 atom stereocenters. The highest BCUT2D eigenvalue weighted by Crippen LogP contribution is 2.26. The Hall–Kier alpha value is -1.64. The van der Waals surface area contributed by atoms with Crippen molar-refractivity contribution >= 4 is 0 Å². The minimum absolute atomic E-state index is 0.102. The number of hydrogen-bond donors (Lipinski definition) is 2. The third-order valence-electron chi connectivity index (χ3n) is 3.91. The fraction of sp³-hybridized carbons (Fsp3) is 0.333. The zero-order chi connectivity index (χ0) is 13.9. The fourth-order valence-electron chi connectivity index (χ4n) is 2.50. The van der Waals surface area contributed by atoms with Gasteiger partial charge in [-0.15, -0.1) is 0 Å². The van der Waals surface area contributed by atoms with Crippen molar-refractivity contribution < 1.29 is 5.11 Å². The second kappa shape index (κ2) is 5.78. The van der Waals surface area contributed by atoms with E-state index in [2.05, 4.69) is 29.6 Å². The van der Waals surface area contributed by atoms with Gasteiger partial charge in [-0.2, -0.15) is 0 Å². The number of aliphatic hydroxyl groups is 1. The van der Waals surface area contributed by atoms with E-state index in [4.69, 9.17) is 0 Å². The number of aliphatic hydroxyl groups excluding tert-OH is 1. The van der Waals surface area contributed by atoms with Gasteiger partial charge in [0.15, 0.2) is 0 Å². The Morgan fingerprint density at radius 1 is 0.950 bits per heavy atom. The maximum absolute atomic E-state index is 10.4. The first-order chi connectivity index (χ1) is 9.74. The summed E-state index contributed by atoms with van der Waals surface area (Å²) in [5, 5.41) is 13.8. The summed E-state index contributed by atoms with van der Waals surface area (Å²) >= 11 is 0. The van der Waals surface area contributed by atoms with E-state index in [1.165, 1.54) is 24.0 Å². The summed E-state index contributed by atoms with van der Waals surface area (Å²) in [6.07, 6.45) is 2.04. The fourth-order valence-corrected chi connectivity index (χ4v) is 2.50. The average Bonchev–Trinajstić information content (AvgIpc) is 3.31. The van der Waals surface area contributed by atoms with Crippen LogP contribution in [-0.2, 0) is 0 Å². The first-order valence-corrected chi connectivity index (χ1v) is 7.33. The molecule has 0 spiro atoms. The number of benzene rings is 2. The molecule has 20 heavy (non-hydrogen) atoms. The molecule has 1 aliphatic carbocycles. The monoisotopic (exact) mass is 267 g/mol. The molecule has 1 aliphatic rings. The van der Waals surface area contributed by atoms with Gasteiger partial charge in [0.2, 0.25) is 0 Å². The Kier molecular flexibility index (Phi) is 3.86. The quantitative estimate of drug-likeness (QED) is 0.868. The summed E-state index contributed by atoms with van der Waals surface area (Å²) in [4.78, 5) is 0. The molecule has 2 heteroatoms. The van der Waals surface area contributed by atoms with E-state index in [1.54, 1.807) is 0 Å². The van der Waals surface area contributed by atoms with E-state index in [-0.39, 0.29) is 6.04 Å². The van der Waals surface area contributed by atoms with Gasteiger partial charge in [0.05, 0.1) is 6.10 Å². The van der Waals surface area contributed by atoms with Crippen LogP contribution in [0.1, 0.15) is 31.4 Å². The highest BCUT2D eigenvalue weighted by Gasteiger charge is 2.26. The van der Waals surface area contributed by atoms with Gasteiger partial charge in [0.25, 0.3) is 0 Å². The van der Waals surface area contributed by atoms with E-state index >= 15 is 0 Å². The molecule has 2 aromatic rings. The summed E-state index contributed by atoms with van der Waals surface area (Å²) in [6, 6.07) is 19.2. The van der Waals surface area contributed by atoms with Crippen LogP contribution in [0.2, 0.25) is 0 Å². The second-order valence-corrected chi connectivity index (χ2v) is 5.66. The van der Waals surface area contributed by atoms with Crippen molar-refractivity contribution in [1.82, 2.24) is 5.32 Å². The molecule has 0 amide bonds. The van der Waals surface area contributed by atoms with Crippen molar-refractivity contribution in [3.63, 3.8) is 0 Å². The summed E-state index contributed by atoms with van der Waals surface area (Å²) in [5.74, 6) is 0. The van der Waals surface area contributed by atoms with E-state index < -0.39 is 6.10 Å². The van der Waals surface area contributed by atoms with Gasteiger partial charge >= 0.3 is 0 Å². The van der Waals surface area contributed by atoms with Gasteiger partial charge in [0.1, 0.15) is 0 Å². The number of hydrogen-bond acceptors (Lipinski definition) is 2. The maximum atomic E-state index is 10.4. The Morgan fingerprint density at radius 3 is 2.15 bits per heavy atom. The lowest BCUT2D eigenvalue weighted by molar-refractivity contribution is 0.135. The summed E-state index contributed by atoms with van der Waals surface area (Å²) in [6.45, 7) is 2.05. The summed E-state index contributed by atoms with van der Waals surface area (Å²) < 4.78 is 0. The molecule has 0 radical (unpaired) electrons. The molecular weight excluding hydrogens is 246 g/mol. The number of nitrogens with one attached hydrogen (secondary N) is 1. The topological polar surface area (TPSA) is 32.3 Å². The lowest BCUT2D eigenvalue weighted by Gasteiger charge is -2.20. The van der Waals surface area contributed by atoms with Gasteiger partial charge in [-0.3, -0.25) is 0 Å². The van der Waals surface area contributed by atoms with Crippen LogP contribution in [0, 0.1) is 0 Å². The third kappa shape index (κ3) is 3.09. The van der Waals surface area contributed by atoms with E-state index in [9.17, 15) is 5.11 Å². The maximum Gasteiger partial charge on any atom is 0.0940 e.